The maximum absolute atomic E-state index is 14.5. The monoisotopic (exact) mass is 381 g/mol. The second-order valence-electron chi connectivity index (χ2n) is 6.78. The lowest BCUT2D eigenvalue weighted by Gasteiger charge is -2.28. The third-order valence-electron chi connectivity index (χ3n) is 4.95. The molecule has 0 fully saturated rings. The van der Waals surface area contributed by atoms with Crippen molar-refractivity contribution in [2.24, 2.45) is 0 Å². The second kappa shape index (κ2) is 8.62. The molecule has 1 nitrogen and oxygen atoms in total. The predicted molar refractivity (Wildman–Crippen MR) is 111 cm³/mol. The molecule has 0 spiro atoms. The molecule has 0 bridgehead atoms. The fraction of sp³-hybridized carbons (Fsp3) is 0.250. The molecule has 3 rings (SSSR count). The first-order valence-electron chi connectivity index (χ1n) is 9.39. The highest BCUT2D eigenvalue weighted by atomic mass is 32.2. The van der Waals surface area contributed by atoms with Crippen LogP contribution in [0.3, 0.4) is 0 Å². The van der Waals surface area contributed by atoms with Crippen molar-refractivity contribution in [1.82, 2.24) is 0 Å². The minimum Gasteiger partial charge on any atom is -0.484 e. The number of ether oxygens (including phenoxy) is 1. The summed E-state index contributed by atoms with van der Waals surface area (Å²) >= 11 is 0. The minimum atomic E-state index is -0.364. The molecule has 0 aliphatic carbocycles. The van der Waals surface area contributed by atoms with Crippen LogP contribution >= 0.6 is 0 Å². The van der Waals surface area contributed by atoms with Gasteiger partial charge in [-0.3, -0.25) is 0 Å². The molecule has 140 valence electrons. The van der Waals surface area contributed by atoms with Crippen molar-refractivity contribution >= 4 is 10.9 Å². The van der Waals surface area contributed by atoms with E-state index >= 15 is 0 Å². The zero-order chi connectivity index (χ0) is 19.3. The SMILES string of the molecule is CCC(C)(CC)Oc1cc([S+](c2ccccc2)c2ccccc2)ccc1F. The van der Waals surface area contributed by atoms with Crippen molar-refractivity contribution in [2.75, 3.05) is 0 Å². The Bertz CT molecular complexity index is 821. The third-order valence-corrected chi connectivity index (χ3v) is 7.16. The smallest absolute Gasteiger partial charge is 0.170 e. The highest BCUT2D eigenvalue weighted by molar-refractivity contribution is 7.97. The van der Waals surface area contributed by atoms with E-state index < -0.39 is 0 Å². The van der Waals surface area contributed by atoms with Crippen LogP contribution in [0.2, 0.25) is 0 Å². The van der Waals surface area contributed by atoms with Crippen LogP contribution in [0.1, 0.15) is 33.6 Å². The lowest BCUT2D eigenvalue weighted by Crippen LogP contribution is -2.30. The summed E-state index contributed by atoms with van der Waals surface area (Å²) in [4.78, 5) is 3.46. The zero-order valence-electron chi connectivity index (χ0n) is 16.1. The zero-order valence-corrected chi connectivity index (χ0v) is 16.9. The molecule has 0 aliphatic rings. The maximum atomic E-state index is 14.5. The molecule has 0 atom stereocenters. The lowest BCUT2D eigenvalue weighted by molar-refractivity contribution is 0.0750. The molecule has 0 N–H and O–H groups in total. The van der Waals surface area contributed by atoms with Crippen LogP contribution in [0, 0.1) is 5.82 Å². The molecular formula is C24H26FOS+. The summed E-state index contributed by atoms with van der Waals surface area (Å²) in [5.74, 6) is 0.0274. The van der Waals surface area contributed by atoms with Gasteiger partial charge in [-0.15, -0.1) is 0 Å². The molecule has 0 saturated heterocycles. The van der Waals surface area contributed by atoms with E-state index in [0.29, 0.717) is 5.75 Å². The van der Waals surface area contributed by atoms with E-state index in [9.17, 15) is 4.39 Å². The maximum Gasteiger partial charge on any atom is 0.170 e. The standard InChI is InChI=1S/C24H26FOS/c1-4-24(3,5-2)26-23-18-21(16-17-22(23)25)27(19-12-8-6-9-13-19)20-14-10-7-11-15-20/h6-18H,4-5H2,1-3H3/q+1. The van der Waals surface area contributed by atoms with E-state index in [1.807, 2.05) is 55.5 Å². The molecular weight excluding hydrogens is 355 g/mol. The summed E-state index contributed by atoms with van der Waals surface area (Å²) in [6, 6.07) is 26.0. The fourth-order valence-corrected chi connectivity index (χ4v) is 4.97. The molecule has 3 aromatic rings. The number of hydrogen-bond donors (Lipinski definition) is 0. The lowest BCUT2D eigenvalue weighted by atomic mass is 10.00. The van der Waals surface area contributed by atoms with Gasteiger partial charge in [-0.2, -0.15) is 0 Å². The van der Waals surface area contributed by atoms with Crippen molar-refractivity contribution < 1.29 is 9.13 Å². The van der Waals surface area contributed by atoms with Gasteiger partial charge in [0.25, 0.3) is 0 Å². The Morgan fingerprint density at radius 2 is 1.30 bits per heavy atom. The summed E-state index contributed by atoms with van der Waals surface area (Å²) in [5.41, 5.74) is -0.364. The van der Waals surface area contributed by atoms with Gasteiger partial charge in [-0.1, -0.05) is 50.2 Å². The Labute approximate surface area is 164 Å². The molecule has 3 heteroatoms. The molecule has 0 unspecified atom stereocenters. The Morgan fingerprint density at radius 3 is 1.78 bits per heavy atom. The van der Waals surface area contributed by atoms with E-state index in [-0.39, 0.29) is 22.3 Å². The summed E-state index contributed by atoms with van der Waals surface area (Å²) in [6.45, 7) is 6.18. The van der Waals surface area contributed by atoms with E-state index in [1.165, 1.54) is 15.9 Å². The number of benzene rings is 3. The van der Waals surface area contributed by atoms with Crippen molar-refractivity contribution in [2.45, 2.75) is 53.9 Å². The number of hydrogen-bond acceptors (Lipinski definition) is 1. The predicted octanol–water partition coefficient (Wildman–Crippen LogP) is 6.88. The van der Waals surface area contributed by atoms with E-state index in [1.54, 1.807) is 0 Å². The van der Waals surface area contributed by atoms with Gasteiger partial charge in [-0.05, 0) is 56.2 Å². The second-order valence-corrected chi connectivity index (χ2v) is 8.81. The van der Waals surface area contributed by atoms with Crippen molar-refractivity contribution in [3.63, 3.8) is 0 Å². The van der Waals surface area contributed by atoms with Gasteiger partial charge in [0.15, 0.2) is 26.3 Å². The first kappa shape index (κ1) is 19.5. The van der Waals surface area contributed by atoms with Gasteiger partial charge in [0.05, 0.1) is 10.9 Å². The molecule has 0 aliphatic heterocycles. The fourth-order valence-electron chi connectivity index (χ4n) is 2.87. The first-order chi connectivity index (χ1) is 13.1. The van der Waals surface area contributed by atoms with Crippen LogP contribution < -0.4 is 4.74 Å². The van der Waals surface area contributed by atoms with Crippen LogP contribution in [-0.2, 0) is 10.9 Å². The van der Waals surface area contributed by atoms with Crippen LogP contribution in [0.25, 0.3) is 0 Å². The Balaban J connectivity index is 2.07. The van der Waals surface area contributed by atoms with Gasteiger partial charge in [0.1, 0.15) is 5.60 Å². The molecule has 0 aromatic heterocycles. The Hall–Kier alpha value is -2.26. The highest BCUT2D eigenvalue weighted by Gasteiger charge is 2.31. The van der Waals surface area contributed by atoms with Crippen LogP contribution in [0.5, 0.6) is 5.75 Å². The van der Waals surface area contributed by atoms with Crippen LogP contribution in [0.4, 0.5) is 4.39 Å². The van der Waals surface area contributed by atoms with Crippen LogP contribution in [-0.4, -0.2) is 5.60 Å². The first-order valence-corrected chi connectivity index (χ1v) is 10.6. The average Bonchev–Trinajstić information content (AvgIpc) is 2.72. The molecule has 0 heterocycles. The van der Waals surface area contributed by atoms with Crippen molar-refractivity contribution in [3.05, 3.63) is 84.7 Å². The Morgan fingerprint density at radius 1 is 0.778 bits per heavy atom. The van der Waals surface area contributed by atoms with Gasteiger partial charge in [0, 0.05) is 6.07 Å². The van der Waals surface area contributed by atoms with Crippen molar-refractivity contribution in [1.29, 1.82) is 0 Å². The van der Waals surface area contributed by atoms with Crippen LogP contribution in [0.15, 0.2) is 93.5 Å². The summed E-state index contributed by atoms with van der Waals surface area (Å²) < 4.78 is 20.6. The summed E-state index contributed by atoms with van der Waals surface area (Å²) in [6.07, 6.45) is 1.66. The molecule has 3 aromatic carbocycles. The molecule has 27 heavy (non-hydrogen) atoms. The largest absolute Gasteiger partial charge is 0.484 e. The van der Waals surface area contributed by atoms with E-state index in [4.69, 9.17) is 4.74 Å². The normalized spacial score (nSPS) is 11.6. The molecule has 0 amide bonds. The van der Waals surface area contributed by atoms with Gasteiger partial charge < -0.3 is 4.74 Å². The van der Waals surface area contributed by atoms with Crippen molar-refractivity contribution in [3.8, 4) is 5.75 Å². The quantitative estimate of drug-likeness (QED) is 0.405. The van der Waals surface area contributed by atoms with E-state index in [0.717, 1.165) is 17.7 Å². The summed E-state index contributed by atoms with van der Waals surface area (Å²) in [7, 11) is -0.312. The average molecular weight is 382 g/mol. The third kappa shape index (κ3) is 4.54. The molecule has 0 radical (unpaired) electrons. The minimum absolute atomic E-state index is 0.309. The Kier molecular flexibility index (Phi) is 6.22. The topological polar surface area (TPSA) is 9.23 Å². The van der Waals surface area contributed by atoms with E-state index in [2.05, 4.69) is 38.1 Å². The summed E-state index contributed by atoms with van der Waals surface area (Å²) in [5, 5.41) is 0. The molecule has 0 saturated carbocycles. The number of rotatable bonds is 7. The van der Waals surface area contributed by atoms with Gasteiger partial charge in [0.2, 0.25) is 0 Å². The number of halogens is 1. The van der Waals surface area contributed by atoms with Gasteiger partial charge in [-0.25, -0.2) is 4.39 Å². The van der Waals surface area contributed by atoms with Gasteiger partial charge >= 0.3 is 0 Å². The highest BCUT2D eigenvalue weighted by Crippen LogP contribution is 2.35.